The van der Waals surface area contributed by atoms with Gasteiger partial charge in [0.25, 0.3) is 11.7 Å². The van der Waals surface area contributed by atoms with E-state index in [-0.39, 0.29) is 33.9 Å². The predicted molar refractivity (Wildman–Crippen MR) is 117 cm³/mol. The molecule has 0 spiro atoms. The summed E-state index contributed by atoms with van der Waals surface area (Å²) in [6, 6.07) is 13.9. The molecule has 3 aromatic carbocycles. The van der Waals surface area contributed by atoms with Crippen LogP contribution in [0.4, 0.5) is 14.5 Å². The molecule has 1 aliphatic rings. The minimum atomic E-state index is -1.36. The Morgan fingerprint density at radius 2 is 1.55 bits per heavy atom. The number of hydrogen-bond acceptors (Lipinski definition) is 5. The molecular weight excluding hydrogens is 432 g/mol. The van der Waals surface area contributed by atoms with Crippen LogP contribution >= 0.6 is 0 Å². The van der Waals surface area contributed by atoms with Gasteiger partial charge in [-0.3, -0.25) is 14.5 Å². The van der Waals surface area contributed by atoms with E-state index in [2.05, 4.69) is 0 Å². The van der Waals surface area contributed by atoms with E-state index in [1.54, 1.807) is 18.2 Å². The second-order valence-corrected chi connectivity index (χ2v) is 7.21. The Bertz CT molecular complexity index is 1270. The van der Waals surface area contributed by atoms with E-state index in [0.29, 0.717) is 0 Å². The van der Waals surface area contributed by atoms with Gasteiger partial charge in [0.05, 0.1) is 25.8 Å². The third-order valence-corrected chi connectivity index (χ3v) is 5.40. The highest BCUT2D eigenvalue weighted by molar-refractivity contribution is 6.51. The Labute approximate surface area is 188 Å². The lowest BCUT2D eigenvalue weighted by atomic mass is 9.94. The number of ketones is 1. The molecule has 1 unspecified atom stereocenters. The molecule has 1 aliphatic heterocycles. The summed E-state index contributed by atoms with van der Waals surface area (Å²) in [6.45, 7) is 0. The summed E-state index contributed by atoms with van der Waals surface area (Å²) in [4.78, 5) is 27.2. The summed E-state index contributed by atoms with van der Waals surface area (Å²) in [5, 5.41) is 11.3. The van der Waals surface area contributed by atoms with Gasteiger partial charge in [-0.05, 0) is 36.4 Å². The second kappa shape index (κ2) is 8.74. The van der Waals surface area contributed by atoms with Crippen LogP contribution in [0.15, 0.2) is 72.3 Å². The molecular formula is C25H19F2NO5. The van der Waals surface area contributed by atoms with Crippen molar-refractivity contribution in [3.63, 3.8) is 0 Å². The highest BCUT2D eigenvalue weighted by Crippen LogP contribution is 2.45. The number of carbonyl (C=O) groups is 2. The monoisotopic (exact) mass is 451 g/mol. The van der Waals surface area contributed by atoms with Crippen molar-refractivity contribution in [1.29, 1.82) is 0 Å². The summed E-state index contributed by atoms with van der Waals surface area (Å²) < 4.78 is 39.5. The maximum atomic E-state index is 14.9. The largest absolute Gasteiger partial charge is 0.506 e. The van der Waals surface area contributed by atoms with Gasteiger partial charge in [0.1, 0.15) is 34.5 Å². The Morgan fingerprint density at radius 1 is 0.909 bits per heavy atom. The normalized spacial score (nSPS) is 17.3. The zero-order chi connectivity index (χ0) is 23.7. The summed E-state index contributed by atoms with van der Waals surface area (Å²) in [5.74, 6) is -3.69. The Hall–Kier alpha value is -4.20. The third kappa shape index (κ3) is 3.69. The molecule has 0 radical (unpaired) electrons. The fourth-order valence-electron chi connectivity index (χ4n) is 3.94. The molecule has 0 saturated carbocycles. The molecule has 6 nitrogen and oxygen atoms in total. The van der Waals surface area contributed by atoms with E-state index in [0.717, 1.165) is 11.0 Å². The van der Waals surface area contributed by atoms with Crippen LogP contribution in [-0.4, -0.2) is 31.0 Å². The van der Waals surface area contributed by atoms with Gasteiger partial charge in [-0.2, -0.15) is 0 Å². The minimum Gasteiger partial charge on any atom is -0.506 e. The highest BCUT2D eigenvalue weighted by atomic mass is 19.1. The molecule has 8 heteroatoms. The van der Waals surface area contributed by atoms with E-state index in [4.69, 9.17) is 9.47 Å². The van der Waals surface area contributed by atoms with Crippen molar-refractivity contribution >= 4 is 23.1 Å². The van der Waals surface area contributed by atoms with E-state index in [9.17, 15) is 23.5 Å². The van der Waals surface area contributed by atoms with Crippen LogP contribution in [0.25, 0.3) is 5.76 Å². The third-order valence-electron chi connectivity index (χ3n) is 5.40. The molecule has 0 aliphatic carbocycles. The molecule has 1 N–H and O–H groups in total. The van der Waals surface area contributed by atoms with Gasteiger partial charge in [-0.15, -0.1) is 0 Å². The van der Waals surface area contributed by atoms with Crippen molar-refractivity contribution in [3.8, 4) is 11.5 Å². The number of aliphatic hydroxyl groups is 1. The fraction of sp³-hybridized carbons (Fsp3) is 0.120. The maximum absolute atomic E-state index is 14.9. The minimum absolute atomic E-state index is 0.0288. The molecule has 1 heterocycles. The number of hydrogen-bond donors (Lipinski definition) is 1. The smallest absolute Gasteiger partial charge is 0.300 e. The number of halogens is 2. The molecule has 168 valence electrons. The van der Waals surface area contributed by atoms with Crippen molar-refractivity contribution in [2.75, 3.05) is 19.1 Å². The zero-order valence-corrected chi connectivity index (χ0v) is 17.7. The first kappa shape index (κ1) is 22.0. The van der Waals surface area contributed by atoms with Crippen LogP contribution in [0.3, 0.4) is 0 Å². The lowest BCUT2D eigenvalue weighted by Crippen LogP contribution is -2.30. The lowest BCUT2D eigenvalue weighted by molar-refractivity contribution is -0.132. The van der Waals surface area contributed by atoms with Crippen molar-refractivity contribution in [2.45, 2.75) is 6.04 Å². The van der Waals surface area contributed by atoms with E-state index in [1.165, 1.54) is 56.7 Å². The van der Waals surface area contributed by atoms with Gasteiger partial charge in [0.15, 0.2) is 0 Å². The molecule has 0 bridgehead atoms. The van der Waals surface area contributed by atoms with Gasteiger partial charge >= 0.3 is 0 Å². The van der Waals surface area contributed by atoms with Gasteiger partial charge < -0.3 is 14.6 Å². The molecule has 0 aromatic heterocycles. The highest BCUT2D eigenvalue weighted by Gasteiger charge is 2.48. The number of Topliss-reactive ketones (excluding diaryl/α,β-unsaturated/α-hetero) is 1. The van der Waals surface area contributed by atoms with E-state index < -0.39 is 35.1 Å². The van der Waals surface area contributed by atoms with Crippen molar-refractivity contribution in [1.82, 2.24) is 0 Å². The number of aliphatic hydroxyl groups excluding tert-OH is 1. The molecule has 1 saturated heterocycles. The van der Waals surface area contributed by atoms with Crippen LogP contribution in [0.2, 0.25) is 0 Å². The number of rotatable bonds is 5. The number of nitrogens with zero attached hydrogens (tertiary/aromatic N) is 1. The van der Waals surface area contributed by atoms with Gasteiger partial charge in [-0.1, -0.05) is 30.3 Å². The summed E-state index contributed by atoms with van der Waals surface area (Å²) in [7, 11) is 2.73. The topological polar surface area (TPSA) is 76.1 Å². The predicted octanol–water partition coefficient (Wildman–Crippen LogP) is 4.61. The number of ether oxygens (including phenoxy) is 2. The number of carbonyl (C=O) groups excluding carboxylic acids is 2. The van der Waals surface area contributed by atoms with E-state index in [1.807, 2.05) is 0 Å². The number of methoxy groups -OCH3 is 2. The molecule has 4 rings (SSSR count). The standard InChI is InChI=1S/C25H19F2NO5/c1-32-18-11-6-12-19(33-2)20(18)23(29)21-22(16-9-3-4-10-17(16)27)28(25(31)24(21)30)15-8-5-7-14(26)13-15/h3-13,22,29H,1-2H3/b23-21+. The van der Waals surface area contributed by atoms with Crippen LogP contribution in [-0.2, 0) is 9.59 Å². The summed E-state index contributed by atoms with van der Waals surface area (Å²) >= 11 is 0. The quantitative estimate of drug-likeness (QED) is 0.348. The summed E-state index contributed by atoms with van der Waals surface area (Å²) in [5.41, 5.74) is -0.356. The zero-order valence-electron chi connectivity index (χ0n) is 17.7. The Kier molecular flexibility index (Phi) is 5.83. The fourth-order valence-corrected chi connectivity index (χ4v) is 3.94. The molecule has 1 atom stereocenters. The Morgan fingerprint density at radius 3 is 2.15 bits per heavy atom. The van der Waals surface area contributed by atoms with Crippen molar-refractivity contribution in [2.24, 2.45) is 0 Å². The van der Waals surface area contributed by atoms with Gasteiger partial charge in [-0.25, -0.2) is 8.78 Å². The SMILES string of the molecule is COc1cccc(OC)c1/C(O)=C1\C(=O)C(=O)N(c2cccc(F)c2)C1c1ccccc1F. The maximum Gasteiger partial charge on any atom is 0.300 e. The lowest BCUT2D eigenvalue weighted by Gasteiger charge is -2.26. The van der Waals surface area contributed by atoms with Crippen LogP contribution < -0.4 is 14.4 Å². The van der Waals surface area contributed by atoms with Crippen molar-refractivity contribution < 1.29 is 33.0 Å². The second-order valence-electron chi connectivity index (χ2n) is 7.21. The number of amides is 1. The van der Waals surface area contributed by atoms with Crippen LogP contribution in [0.1, 0.15) is 17.2 Å². The molecule has 1 amide bonds. The molecule has 33 heavy (non-hydrogen) atoms. The first-order valence-electron chi connectivity index (χ1n) is 9.91. The van der Waals surface area contributed by atoms with E-state index >= 15 is 0 Å². The van der Waals surface area contributed by atoms with Gasteiger partial charge in [0, 0.05) is 11.3 Å². The average molecular weight is 451 g/mol. The number of benzene rings is 3. The molecule has 1 fully saturated rings. The Balaban J connectivity index is 2.04. The first-order valence-corrected chi connectivity index (χ1v) is 9.91. The number of anilines is 1. The van der Waals surface area contributed by atoms with Crippen LogP contribution in [0, 0.1) is 11.6 Å². The van der Waals surface area contributed by atoms with Gasteiger partial charge in [0.2, 0.25) is 0 Å². The summed E-state index contributed by atoms with van der Waals surface area (Å²) in [6.07, 6.45) is 0. The van der Waals surface area contributed by atoms with Crippen molar-refractivity contribution in [3.05, 3.63) is 95.1 Å². The molecule has 3 aromatic rings. The van der Waals surface area contributed by atoms with Crippen LogP contribution in [0.5, 0.6) is 11.5 Å². The first-order chi connectivity index (χ1) is 15.9. The average Bonchev–Trinajstić information content (AvgIpc) is 3.08.